The summed E-state index contributed by atoms with van der Waals surface area (Å²) in [5, 5.41) is 2.71. The number of carbonyl (C=O) groups is 1. The Bertz CT molecular complexity index is 646. The molecule has 2 nitrogen and oxygen atoms in total. The Kier molecular flexibility index (Phi) is 4.76. The molecule has 2 rings (SSSR count). The Morgan fingerprint density at radius 3 is 2.37 bits per heavy atom. The molecule has 0 fully saturated rings. The Morgan fingerprint density at radius 2 is 1.74 bits per heavy atom. The second kappa shape index (κ2) is 6.15. The zero-order valence-electron chi connectivity index (χ0n) is 9.38. The summed E-state index contributed by atoms with van der Waals surface area (Å²) in [7, 11) is 0. The molecule has 0 heterocycles. The molecule has 0 aliphatic rings. The van der Waals surface area contributed by atoms with Gasteiger partial charge in [0.1, 0.15) is 5.82 Å². The van der Waals surface area contributed by atoms with Gasteiger partial charge in [-0.3, -0.25) is 4.79 Å². The molecule has 0 saturated carbocycles. The van der Waals surface area contributed by atoms with E-state index in [1.165, 1.54) is 18.2 Å². The third-order valence-electron chi connectivity index (χ3n) is 2.35. The predicted molar refractivity (Wildman–Crippen MR) is 83.9 cm³/mol. The van der Waals surface area contributed by atoms with Gasteiger partial charge in [-0.15, -0.1) is 0 Å². The third-order valence-corrected chi connectivity index (χ3v) is 4.11. The molecule has 19 heavy (non-hydrogen) atoms. The summed E-state index contributed by atoms with van der Waals surface area (Å²) in [6, 6.07) is 9.57. The van der Waals surface area contributed by atoms with E-state index in [9.17, 15) is 9.18 Å². The molecule has 0 spiro atoms. The molecule has 2 aromatic rings. The van der Waals surface area contributed by atoms with Gasteiger partial charge < -0.3 is 5.32 Å². The number of carbonyl (C=O) groups excluding carboxylic acids is 1. The highest BCUT2D eigenvalue weighted by Gasteiger charge is 2.11. The highest BCUT2D eigenvalue weighted by atomic mass is 79.9. The van der Waals surface area contributed by atoms with Crippen LogP contribution in [-0.4, -0.2) is 5.91 Å². The summed E-state index contributed by atoms with van der Waals surface area (Å²) < 4.78 is 15.0. The van der Waals surface area contributed by atoms with E-state index in [4.69, 9.17) is 0 Å². The average Bonchev–Trinajstić information content (AvgIpc) is 2.33. The van der Waals surface area contributed by atoms with Gasteiger partial charge in [0.2, 0.25) is 0 Å². The molecule has 0 radical (unpaired) electrons. The summed E-state index contributed by atoms with van der Waals surface area (Å²) in [6.45, 7) is 0. The molecule has 0 bridgehead atoms. The topological polar surface area (TPSA) is 29.1 Å². The Morgan fingerprint density at radius 1 is 1.00 bits per heavy atom. The summed E-state index contributed by atoms with van der Waals surface area (Å²) >= 11 is 9.72. The van der Waals surface area contributed by atoms with E-state index in [2.05, 4.69) is 53.1 Å². The molecular formula is C13H7Br3FNO. The molecule has 1 N–H and O–H groups in total. The van der Waals surface area contributed by atoms with Crippen LogP contribution in [0.3, 0.4) is 0 Å². The SMILES string of the molecule is O=C(Nc1ccc(F)c(Br)c1)c1ccc(Br)cc1Br. The fourth-order valence-corrected chi connectivity index (χ4v) is 3.05. The smallest absolute Gasteiger partial charge is 0.256 e. The number of hydrogen-bond donors (Lipinski definition) is 1. The minimum absolute atomic E-state index is 0.266. The number of halogens is 4. The number of anilines is 1. The summed E-state index contributed by atoms with van der Waals surface area (Å²) in [4.78, 5) is 12.1. The number of rotatable bonds is 2. The number of amides is 1. The van der Waals surface area contributed by atoms with Gasteiger partial charge in [0.15, 0.2) is 0 Å². The summed E-state index contributed by atoms with van der Waals surface area (Å²) in [5.41, 5.74) is 1.02. The van der Waals surface area contributed by atoms with Gasteiger partial charge in [0, 0.05) is 14.6 Å². The second-order valence-corrected chi connectivity index (χ2v) is 6.33. The fourth-order valence-electron chi connectivity index (χ4n) is 1.45. The van der Waals surface area contributed by atoms with E-state index in [1.807, 2.05) is 0 Å². The van der Waals surface area contributed by atoms with E-state index in [0.717, 1.165) is 4.47 Å². The molecule has 2 aromatic carbocycles. The van der Waals surface area contributed by atoms with E-state index in [-0.39, 0.29) is 11.7 Å². The fraction of sp³-hybridized carbons (Fsp3) is 0. The molecule has 0 unspecified atom stereocenters. The van der Waals surface area contributed by atoms with Crippen LogP contribution in [0.1, 0.15) is 10.4 Å². The molecule has 6 heteroatoms. The maximum absolute atomic E-state index is 13.1. The monoisotopic (exact) mass is 449 g/mol. The molecule has 0 atom stereocenters. The first kappa shape index (κ1) is 14.7. The van der Waals surface area contributed by atoms with Crippen LogP contribution in [0, 0.1) is 5.82 Å². The second-order valence-electron chi connectivity index (χ2n) is 3.71. The van der Waals surface area contributed by atoms with E-state index in [1.54, 1.807) is 18.2 Å². The van der Waals surface area contributed by atoms with E-state index < -0.39 is 0 Å². The highest BCUT2D eigenvalue weighted by Crippen LogP contribution is 2.24. The molecular weight excluding hydrogens is 445 g/mol. The van der Waals surface area contributed by atoms with Gasteiger partial charge in [0.25, 0.3) is 5.91 Å². The standard InChI is InChI=1S/C13H7Br3FNO/c14-7-1-3-9(10(15)5-7)13(19)18-8-2-4-12(17)11(16)6-8/h1-6H,(H,18,19). The summed E-state index contributed by atoms with van der Waals surface area (Å²) in [6.07, 6.45) is 0. The first-order valence-corrected chi connectivity index (χ1v) is 7.57. The van der Waals surface area contributed by atoms with Crippen LogP contribution in [-0.2, 0) is 0 Å². The van der Waals surface area contributed by atoms with Crippen molar-refractivity contribution in [2.75, 3.05) is 5.32 Å². The number of benzene rings is 2. The zero-order chi connectivity index (χ0) is 14.0. The van der Waals surface area contributed by atoms with Gasteiger partial charge >= 0.3 is 0 Å². The molecule has 98 valence electrons. The van der Waals surface area contributed by atoms with Crippen molar-refractivity contribution >= 4 is 59.4 Å². The van der Waals surface area contributed by atoms with Crippen molar-refractivity contribution in [2.24, 2.45) is 0 Å². The molecule has 0 aliphatic carbocycles. The largest absolute Gasteiger partial charge is 0.322 e. The van der Waals surface area contributed by atoms with Crippen LogP contribution >= 0.6 is 47.8 Å². The van der Waals surface area contributed by atoms with Crippen molar-refractivity contribution in [1.29, 1.82) is 0 Å². The lowest BCUT2D eigenvalue weighted by atomic mass is 10.2. The Balaban J connectivity index is 2.23. The average molecular weight is 452 g/mol. The van der Waals surface area contributed by atoms with Crippen LogP contribution in [0.2, 0.25) is 0 Å². The van der Waals surface area contributed by atoms with Crippen molar-refractivity contribution in [3.63, 3.8) is 0 Å². The lowest BCUT2D eigenvalue weighted by molar-refractivity contribution is 0.102. The van der Waals surface area contributed by atoms with Crippen LogP contribution in [0.15, 0.2) is 49.8 Å². The van der Waals surface area contributed by atoms with Crippen molar-refractivity contribution < 1.29 is 9.18 Å². The van der Waals surface area contributed by atoms with Gasteiger partial charge in [-0.1, -0.05) is 15.9 Å². The Labute approximate surface area is 134 Å². The quantitative estimate of drug-likeness (QED) is 0.653. The Hall–Kier alpha value is -0.720. The van der Waals surface area contributed by atoms with Crippen LogP contribution < -0.4 is 5.32 Å². The molecule has 0 aliphatic heterocycles. The van der Waals surface area contributed by atoms with Crippen LogP contribution in [0.25, 0.3) is 0 Å². The van der Waals surface area contributed by atoms with Gasteiger partial charge in [-0.2, -0.15) is 0 Å². The van der Waals surface area contributed by atoms with Crippen molar-refractivity contribution in [1.82, 2.24) is 0 Å². The summed E-state index contributed by atoms with van der Waals surface area (Å²) in [5.74, 6) is -0.638. The first-order valence-electron chi connectivity index (χ1n) is 5.19. The number of hydrogen-bond acceptors (Lipinski definition) is 1. The van der Waals surface area contributed by atoms with Crippen molar-refractivity contribution in [3.05, 3.63) is 61.2 Å². The third kappa shape index (κ3) is 3.64. The van der Waals surface area contributed by atoms with Gasteiger partial charge in [-0.05, 0) is 68.3 Å². The normalized spacial score (nSPS) is 10.3. The number of nitrogens with one attached hydrogen (secondary N) is 1. The lowest BCUT2D eigenvalue weighted by Crippen LogP contribution is -2.12. The zero-order valence-corrected chi connectivity index (χ0v) is 14.1. The predicted octanol–water partition coefficient (Wildman–Crippen LogP) is 5.37. The maximum Gasteiger partial charge on any atom is 0.256 e. The molecule has 0 aromatic heterocycles. The lowest BCUT2D eigenvalue weighted by Gasteiger charge is -2.08. The van der Waals surface area contributed by atoms with Gasteiger partial charge in [-0.25, -0.2) is 4.39 Å². The minimum atomic E-state index is -0.372. The molecule has 0 saturated heterocycles. The highest BCUT2D eigenvalue weighted by molar-refractivity contribution is 9.11. The van der Waals surface area contributed by atoms with E-state index in [0.29, 0.717) is 20.2 Å². The van der Waals surface area contributed by atoms with Crippen molar-refractivity contribution in [2.45, 2.75) is 0 Å². The van der Waals surface area contributed by atoms with Crippen LogP contribution in [0.4, 0.5) is 10.1 Å². The van der Waals surface area contributed by atoms with E-state index >= 15 is 0 Å². The van der Waals surface area contributed by atoms with Gasteiger partial charge in [0.05, 0.1) is 10.0 Å². The minimum Gasteiger partial charge on any atom is -0.322 e. The first-order chi connectivity index (χ1) is 8.97. The van der Waals surface area contributed by atoms with Crippen LogP contribution in [0.5, 0.6) is 0 Å². The maximum atomic E-state index is 13.1. The molecule has 1 amide bonds. The van der Waals surface area contributed by atoms with Crippen molar-refractivity contribution in [3.8, 4) is 0 Å².